The minimum absolute atomic E-state index is 0.0715. The van der Waals surface area contributed by atoms with Crippen LogP contribution in [0.4, 0.5) is 5.69 Å². The van der Waals surface area contributed by atoms with Crippen LogP contribution in [-0.2, 0) is 4.79 Å². The zero-order valence-electron chi connectivity index (χ0n) is 8.80. The Hall–Kier alpha value is -1.95. The first-order valence-corrected chi connectivity index (χ1v) is 4.80. The van der Waals surface area contributed by atoms with Crippen molar-refractivity contribution in [2.75, 3.05) is 5.32 Å². The van der Waals surface area contributed by atoms with Gasteiger partial charge in [-0.1, -0.05) is 6.92 Å². The fraction of sp³-hybridized carbons (Fsp3) is 0.300. The third kappa shape index (κ3) is 3.03. The number of hydrogen-bond donors (Lipinski definition) is 3. The Labute approximate surface area is 92.5 Å². The predicted molar refractivity (Wildman–Crippen MR) is 58.1 cm³/mol. The van der Waals surface area contributed by atoms with Gasteiger partial charge in [0.1, 0.15) is 5.69 Å². The molecular weight excluding hydrogens is 210 g/mol. The standard InChI is InChI=1S/C10H13N3O3/c1-2-7(11)9(14)13-6-3-4-8(10(15)16)12-5-6/h3-5,7H,2,11H2,1H3,(H,13,14)(H,15,16). The zero-order chi connectivity index (χ0) is 12.1. The lowest BCUT2D eigenvalue weighted by Gasteiger charge is -2.09. The molecule has 1 heterocycles. The number of nitrogens with two attached hydrogens (primary N) is 1. The Bertz CT molecular complexity index is 389. The number of hydrogen-bond acceptors (Lipinski definition) is 4. The number of pyridine rings is 1. The third-order valence-corrected chi connectivity index (χ3v) is 2.03. The van der Waals surface area contributed by atoms with E-state index in [0.29, 0.717) is 12.1 Å². The molecule has 0 aromatic carbocycles. The Morgan fingerprint density at radius 2 is 2.25 bits per heavy atom. The first-order valence-electron chi connectivity index (χ1n) is 4.80. The first kappa shape index (κ1) is 12.1. The van der Waals surface area contributed by atoms with Crippen molar-refractivity contribution in [2.24, 2.45) is 5.73 Å². The number of aromatic nitrogens is 1. The van der Waals surface area contributed by atoms with E-state index < -0.39 is 12.0 Å². The number of nitrogens with zero attached hydrogens (tertiary/aromatic N) is 1. The van der Waals surface area contributed by atoms with Gasteiger partial charge >= 0.3 is 5.97 Å². The van der Waals surface area contributed by atoms with E-state index in [1.54, 1.807) is 6.92 Å². The molecule has 0 bridgehead atoms. The topological polar surface area (TPSA) is 105 Å². The monoisotopic (exact) mass is 223 g/mol. The Balaban J connectivity index is 2.69. The van der Waals surface area contributed by atoms with Gasteiger partial charge in [-0.15, -0.1) is 0 Å². The van der Waals surface area contributed by atoms with Crippen molar-refractivity contribution in [3.63, 3.8) is 0 Å². The van der Waals surface area contributed by atoms with Gasteiger partial charge in [-0.3, -0.25) is 4.79 Å². The molecule has 86 valence electrons. The summed E-state index contributed by atoms with van der Waals surface area (Å²) in [5.74, 6) is -1.42. The molecule has 0 fully saturated rings. The number of carboxylic acid groups (broad SMARTS) is 1. The van der Waals surface area contributed by atoms with Crippen molar-refractivity contribution in [2.45, 2.75) is 19.4 Å². The quantitative estimate of drug-likeness (QED) is 0.687. The number of rotatable bonds is 4. The molecule has 1 rings (SSSR count). The largest absolute Gasteiger partial charge is 0.477 e. The summed E-state index contributed by atoms with van der Waals surface area (Å²) >= 11 is 0. The second-order valence-corrected chi connectivity index (χ2v) is 3.24. The number of anilines is 1. The molecule has 1 atom stereocenters. The van der Waals surface area contributed by atoms with Crippen LogP contribution in [0.25, 0.3) is 0 Å². The lowest BCUT2D eigenvalue weighted by atomic mass is 10.2. The number of carboxylic acids is 1. The van der Waals surface area contributed by atoms with E-state index in [4.69, 9.17) is 10.8 Å². The van der Waals surface area contributed by atoms with Crippen LogP contribution in [0.3, 0.4) is 0 Å². The second-order valence-electron chi connectivity index (χ2n) is 3.24. The Morgan fingerprint density at radius 3 is 2.69 bits per heavy atom. The van der Waals surface area contributed by atoms with Crippen LogP contribution in [0.5, 0.6) is 0 Å². The summed E-state index contributed by atoms with van der Waals surface area (Å²) in [5.41, 5.74) is 5.87. The SMILES string of the molecule is CCC(N)C(=O)Nc1ccc(C(=O)O)nc1. The van der Waals surface area contributed by atoms with Crippen LogP contribution in [0.2, 0.25) is 0 Å². The third-order valence-electron chi connectivity index (χ3n) is 2.03. The summed E-state index contributed by atoms with van der Waals surface area (Å²) in [6.07, 6.45) is 1.82. The smallest absolute Gasteiger partial charge is 0.354 e. The van der Waals surface area contributed by atoms with Gasteiger partial charge < -0.3 is 16.2 Å². The van der Waals surface area contributed by atoms with Gasteiger partial charge in [-0.25, -0.2) is 9.78 Å². The highest BCUT2D eigenvalue weighted by molar-refractivity contribution is 5.94. The van der Waals surface area contributed by atoms with Crippen molar-refractivity contribution in [1.29, 1.82) is 0 Å². The van der Waals surface area contributed by atoms with Crippen LogP contribution in [0.1, 0.15) is 23.8 Å². The highest BCUT2D eigenvalue weighted by Gasteiger charge is 2.11. The normalized spacial score (nSPS) is 11.9. The van der Waals surface area contributed by atoms with Crippen LogP contribution in [0, 0.1) is 0 Å². The molecule has 0 aliphatic heterocycles. The molecule has 0 aliphatic rings. The van der Waals surface area contributed by atoms with Gasteiger partial charge in [0.05, 0.1) is 17.9 Å². The lowest BCUT2D eigenvalue weighted by molar-refractivity contribution is -0.117. The van der Waals surface area contributed by atoms with Crippen LogP contribution in [0.15, 0.2) is 18.3 Å². The first-order chi connectivity index (χ1) is 7.54. The molecule has 0 saturated heterocycles. The fourth-order valence-corrected chi connectivity index (χ4v) is 1.01. The predicted octanol–water partition coefficient (Wildman–Crippen LogP) is 0.456. The molecule has 1 aromatic heterocycles. The summed E-state index contributed by atoms with van der Waals surface area (Å²) in [6, 6.07) is 2.21. The van der Waals surface area contributed by atoms with Crippen molar-refractivity contribution < 1.29 is 14.7 Å². The van der Waals surface area contributed by atoms with Gasteiger partial charge in [-0.2, -0.15) is 0 Å². The minimum Gasteiger partial charge on any atom is -0.477 e. The second kappa shape index (κ2) is 5.22. The Morgan fingerprint density at radius 1 is 1.56 bits per heavy atom. The van der Waals surface area contributed by atoms with Crippen LogP contribution >= 0.6 is 0 Å². The Kier molecular flexibility index (Phi) is 3.96. The average molecular weight is 223 g/mol. The van der Waals surface area contributed by atoms with Crippen molar-refractivity contribution in [3.8, 4) is 0 Å². The highest BCUT2D eigenvalue weighted by atomic mass is 16.4. The average Bonchev–Trinajstić information content (AvgIpc) is 2.28. The van der Waals surface area contributed by atoms with Gasteiger partial charge in [-0.05, 0) is 18.6 Å². The molecule has 6 heteroatoms. The number of carbonyl (C=O) groups is 2. The van der Waals surface area contributed by atoms with E-state index in [9.17, 15) is 9.59 Å². The van der Waals surface area contributed by atoms with Crippen LogP contribution in [-0.4, -0.2) is 28.0 Å². The van der Waals surface area contributed by atoms with Crippen molar-refractivity contribution in [3.05, 3.63) is 24.0 Å². The molecule has 4 N–H and O–H groups in total. The molecule has 0 saturated carbocycles. The summed E-state index contributed by atoms with van der Waals surface area (Å²) in [7, 11) is 0. The maximum atomic E-state index is 11.4. The molecule has 16 heavy (non-hydrogen) atoms. The maximum Gasteiger partial charge on any atom is 0.354 e. The zero-order valence-corrected chi connectivity index (χ0v) is 8.80. The fourth-order valence-electron chi connectivity index (χ4n) is 1.01. The molecule has 0 radical (unpaired) electrons. The van der Waals surface area contributed by atoms with Crippen LogP contribution < -0.4 is 11.1 Å². The molecule has 0 aliphatic carbocycles. The van der Waals surface area contributed by atoms with Gasteiger partial charge in [0.2, 0.25) is 5.91 Å². The summed E-state index contributed by atoms with van der Waals surface area (Å²) in [5, 5.41) is 11.2. The molecule has 0 spiro atoms. The van der Waals surface area contributed by atoms with Crippen molar-refractivity contribution >= 4 is 17.6 Å². The van der Waals surface area contributed by atoms with E-state index in [-0.39, 0.29) is 11.6 Å². The lowest BCUT2D eigenvalue weighted by Crippen LogP contribution is -2.34. The molecular formula is C10H13N3O3. The maximum absolute atomic E-state index is 11.4. The summed E-state index contributed by atoms with van der Waals surface area (Å²) in [6.45, 7) is 1.80. The highest BCUT2D eigenvalue weighted by Crippen LogP contribution is 2.06. The van der Waals surface area contributed by atoms with E-state index in [2.05, 4.69) is 10.3 Å². The summed E-state index contributed by atoms with van der Waals surface area (Å²) < 4.78 is 0. The van der Waals surface area contributed by atoms with E-state index in [1.165, 1.54) is 18.3 Å². The molecule has 6 nitrogen and oxygen atoms in total. The van der Waals surface area contributed by atoms with Gasteiger partial charge in [0, 0.05) is 0 Å². The number of nitrogens with one attached hydrogen (secondary N) is 1. The molecule has 1 unspecified atom stereocenters. The van der Waals surface area contributed by atoms with E-state index >= 15 is 0 Å². The van der Waals surface area contributed by atoms with E-state index in [0.717, 1.165) is 0 Å². The number of amides is 1. The molecule has 1 aromatic rings. The minimum atomic E-state index is -1.11. The van der Waals surface area contributed by atoms with Gasteiger partial charge in [0.15, 0.2) is 0 Å². The summed E-state index contributed by atoms with van der Waals surface area (Å²) in [4.78, 5) is 25.6. The number of carbonyl (C=O) groups excluding carboxylic acids is 1. The van der Waals surface area contributed by atoms with Gasteiger partial charge in [0.25, 0.3) is 0 Å². The van der Waals surface area contributed by atoms with Crippen molar-refractivity contribution in [1.82, 2.24) is 4.98 Å². The molecule has 1 amide bonds. The number of aromatic carboxylic acids is 1. The van der Waals surface area contributed by atoms with E-state index in [1.807, 2.05) is 0 Å².